The van der Waals surface area contributed by atoms with Crippen molar-refractivity contribution in [3.63, 3.8) is 0 Å². The van der Waals surface area contributed by atoms with Crippen LogP contribution in [0, 0.1) is 0 Å². The van der Waals surface area contributed by atoms with Gasteiger partial charge in [-0.1, -0.05) is 6.92 Å². The Balaban J connectivity index is 1.70. The lowest BCUT2D eigenvalue weighted by Gasteiger charge is -2.38. The molecule has 1 fully saturated rings. The number of carbonyl (C=O) groups is 2. The normalized spacial score (nSPS) is 23.1. The quantitative estimate of drug-likeness (QED) is 0.911. The summed E-state index contributed by atoms with van der Waals surface area (Å²) in [5, 5.41) is 6.79. The number of rotatable bonds is 4. The summed E-state index contributed by atoms with van der Waals surface area (Å²) in [5.41, 5.74) is 0.778. The molecule has 1 aromatic heterocycles. The molecule has 3 rings (SSSR count). The number of aromatic nitrogens is 2. The Kier molecular flexibility index (Phi) is 4.08. The molecule has 2 heterocycles. The van der Waals surface area contributed by atoms with Crippen LogP contribution < -0.4 is 5.32 Å². The van der Waals surface area contributed by atoms with E-state index in [0.717, 1.165) is 12.1 Å². The Bertz CT molecular complexity index is 608. The third-order valence-electron chi connectivity index (χ3n) is 4.35. The first-order chi connectivity index (χ1) is 10.9. The fourth-order valence-corrected chi connectivity index (χ4v) is 3.11. The minimum absolute atomic E-state index is 0.00655. The van der Waals surface area contributed by atoms with Gasteiger partial charge in [0, 0.05) is 31.5 Å². The smallest absolute Gasteiger partial charge is 0.252 e. The van der Waals surface area contributed by atoms with Crippen molar-refractivity contribution in [3.8, 4) is 0 Å². The van der Waals surface area contributed by atoms with E-state index in [1.165, 1.54) is 0 Å². The first-order valence-corrected chi connectivity index (χ1v) is 7.88. The van der Waals surface area contributed by atoms with Crippen LogP contribution in [0.25, 0.3) is 0 Å². The standard InChI is InChI=1S/C15H20F2N4O2/c1-2-3-13(22)20-8-11-4-5-18-21(11)12(9-20)14(23)19-10-6-15(16,17)7-10/h4-5,10,12H,2-3,6-9H2,1H3,(H,19,23)/t12-/m0/s1. The summed E-state index contributed by atoms with van der Waals surface area (Å²) in [6, 6.07) is 0.602. The molecule has 1 aromatic rings. The fraction of sp³-hybridized carbons (Fsp3) is 0.667. The third kappa shape index (κ3) is 3.20. The lowest BCUT2D eigenvalue weighted by Crippen LogP contribution is -2.54. The zero-order chi connectivity index (χ0) is 16.6. The molecule has 0 unspecified atom stereocenters. The molecule has 2 amide bonds. The van der Waals surface area contributed by atoms with E-state index in [2.05, 4.69) is 10.4 Å². The van der Waals surface area contributed by atoms with Gasteiger partial charge in [0.05, 0.1) is 18.8 Å². The second kappa shape index (κ2) is 5.90. The number of nitrogens with zero attached hydrogens (tertiary/aromatic N) is 3. The molecule has 8 heteroatoms. The van der Waals surface area contributed by atoms with Gasteiger partial charge >= 0.3 is 0 Å². The number of hydrogen-bond acceptors (Lipinski definition) is 3. The van der Waals surface area contributed by atoms with Crippen LogP contribution in [0.2, 0.25) is 0 Å². The van der Waals surface area contributed by atoms with Crippen LogP contribution in [0.1, 0.15) is 44.3 Å². The summed E-state index contributed by atoms with van der Waals surface area (Å²) in [6.07, 6.45) is 2.10. The maximum atomic E-state index is 12.9. The number of halogens is 2. The van der Waals surface area contributed by atoms with Gasteiger partial charge in [-0.05, 0) is 12.5 Å². The third-order valence-corrected chi connectivity index (χ3v) is 4.35. The van der Waals surface area contributed by atoms with Crippen molar-refractivity contribution in [2.24, 2.45) is 0 Å². The van der Waals surface area contributed by atoms with Gasteiger partial charge in [-0.15, -0.1) is 0 Å². The Labute approximate surface area is 132 Å². The van der Waals surface area contributed by atoms with Crippen LogP contribution >= 0.6 is 0 Å². The van der Waals surface area contributed by atoms with Gasteiger partial charge in [0.15, 0.2) is 0 Å². The van der Waals surface area contributed by atoms with E-state index in [1.807, 2.05) is 6.92 Å². The lowest BCUT2D eigenvalue weighted by atomic mass is 9.88. The van der Waals surface area contributed by atoms with Gasteiger partial charge in [-0.3, -0.25) is 14.3 Å². The highest BCUT2D eigenvalue weighted by Crippen LogP contribution is 2.37. The van der Waals surface area contributed by atoms with Crippen LogP contribution in [0.4, 0.5) is 8.78 Å². The molecule has 0 aromatic carbocycles. The van der Waals surface area contributed by atoms with Crippen molar-refractivity contribution >= 4 is 11.8 Å². The maximum absolute atomic E-state index is 12.9. The fourth-order valence-electron chi connectivity index (χ4n) is 3.11. The Morgan fingerprint density at radius 1 is 1.43 bits per heavy atom. The second-order valence-electron chi connectivity index (χ2n) is 6.28. The van der Waals surface area contributed by atoms with Gasteiger partial charge in [0.25, 0.3) is 5.92 Å². The highest BCUT2D eigenvalue weighted by Gasteiger charge is 2.47. The molecule has 1 atom stereocenters. The van der Waals surface area contributed by atoms with Crippen molar-refractivity contribution in [3.05, 3.63) is 18.0 Å². The molecule has 1 N–H and O–H groups in total. The average Bonchev–Trinajstić information content (AvgIpc) is 2.92. The summed E-state index contributed by atoms with van der Waals surface area (Å²) in [6.45, 7) is 2.57. The van der Waals surface area contributed by atoms with Gasteiger partial charge in [0.1, 0.15) is 6.04 Å². The molecule has 1 aliphatic heterocycles. The highest BCUT2D eigenvalue weighted by molar-refractivity contribution is 5.83. The van der Waals surface area contributed by atoms with Crippen molar-refractivity contribution < 1.29 is 18.4 Å². The molecule has 1 saturated carbocycles. The molecule has 0 radical (unpaired) electrons. The van der Waals surface area contributed by atoms with Crippen molar-refractivity contribution in [1.82, 2.24) is 20.0 Å². The van der Waals surface area contributed by atoms with Gasteiger partial charge in [-0.2, -0.15) is 5.10 Å². The molecular weight excluding hydrogens is 306 g/mol. The molecule has 2 aliphatic rings. The lowest BCUT2D eigenvalue weighted by molar-refractivity contribution is -0.137. The van der Waals surface area contributed by atoms with Crippen LogP contribution in [-0.4, -0.2) is 45.0 Å². The average molecular weight is 326 g/mol. The highest BCUT2D eigenvalue weighted by atomic mass is 19.3. The van der Waals surface area contributed by atoms with E-state index in [-0.39, 0.29) is 31.2 Å². The predicted octanol–water partition coefficient (Wildman–Crippen LogP) is 1.48. The van der Waals surface area contributed by atoms with Crippen LogP contribution in [0.15, 0.2) is 12.3 Å². The molecular formula is C15H20F2N4O2. The molecule has 6 nitrogen and oxygen atoms in total. The molecule has 0 bridgehead atoms. The zero-order valence-electron chi connectivity index (χ0n) is 13.0. The van der Waals surface area contributed by atoms with Crippen molar-refractivity contribution in [2.45, 2.75) is 57.2 Å². The minimum atomic E-state index is -2.68. The number of hydrogen-bond donors (Lipinski definition) is 1. The minimum Gasteiger partial charge on any atom is -0.351 e. The Morgan fingerprint density at radius 2 is 2.17 bits per heavy atom. The second-order valence-corrected chi connectivity index (χ2v) is 6.28. The summed E-state index contributed by atoms with van der Waals surface area (Å²) >= 11 is 0. The molecule has 0 spiro atoms. The van der Waals surface area contributed by atoms with E-state index in [0.29, 0.717) is 13.0 Å². The van der Waals surface area contributed by atoms with Gasteiger partial charge < -0.3 is 10.2 Å². The summed E-state index contributed by atoms with van der Waals surface area (Å²) in [4.78, 5) is 26.2. The zero-order valence-corrected chi connectivity index (χ0v) is 13.0. The van der Waals surface area contributed by atoms with Crippen molar-refractivity contribution in [1.29, 1.82) is 0 Å². The molecule has 126 valence electrons. The van der Waals surface area contributed by atoms with E-state index < -0.39 is 18.0 Å². The number of carbonyl (C=O) groups excluding carboxylic acids is 2. The number of nitrogens with one attached hydrogen (secondary N) is 1. The van der Waals surface area contributed by atoms with Gasteiger partial charge in [0.2, 0.25) is 11.8 Å². The van der Waals surface area contributed by atoms with E-state index in [9.17, 15) is 18.4 Å². The Hall–Kier alpha value is -1.99. The molecule has 0 saturated heterocycles. The first-order valence-electron chi connectivity index (χ1n) is 7.88. The number of fused-ring (bicyclic) bond motifs is 1. The monoisotopic (exact) mass is 326 g/mol. The van der Waals surface area contributed by atoms with Crippen molar-refractivity contribution in [2.75, 3.05) is 6.54 Å². The topological polar surface area (TPSA) is 67.2 Å². The predicted molar refractivity (Wildman–Crippen MR) is 77.7 cm³/mol. The van der Waals surface area contributed by atoms with E-state index in [1.54, 1.807) is 21.8 Å². The largest absolute Gasteiger partial charge is 0.351 e. The summed E-state index contributed by atoms with van der Waals surface area (Å²) < 4.78 is 27.4. The van der Waals surface area contributed by atoms with E-state index >= 15 is 0 Å². The molecule has 1 aliphatic carbocycles. The first kappa shape index (κ1) is 15.9. The Morgan fingerprint density at radius 3 is 2.83 bits per heavy atom. The summed E-state index contributed by atoms with van der Waals surface area (Å²) in [5.74, 6) is -3.04. The van der Waals surface area contributed by atoms with Gasteiger partial charge in [-0.25, -0.2) is 8.78 Å². The maximum Gasteiger partial charge on any atom is 0.252 e. The molecule has 23 heavy (non-hydrogen) atoms. The van der Waals surface area contributed by atoms with Crippen LogP contribution in [-0.2, 0) is 16.1 Å². The number of amides is 2. The van der Waals surface area contributed by atoms with Crippen LogP contribution in [0.3, 0.4) is 0 Å². The van der Waals surface area contributed by atoms with E-state index in [4.69, 9.17) is 0 Å². The SMILES string of the molecule is CCCC(=O)N1Cc2ccnn2[C@H](C(=O)NC2CC(F)(F)C2)C1. The summed E-state index contributed by atoms with van der Waals surface area (Å²) in [7, 11) is 0. The number of alkyl halides is 2. The van der Waals surface area contributed by atoms with Crippen LogP contribution in [0.5, 0.6) is 0 Å².